The van der Waals surface area contributed by atoms with Crippen LogP contribution in [0, 0.1) is 0 Å². The molecule has 0 amide bonds. The quantitative estimate of drug-likeness (QED) is 0.664. The van der Waals surface area contributed by atoms with Gasteiger partial charge in [0.05, 0.1) is 12.2 Å². The molecule has 0 N–H and O–H groups in total. The molecule has 1 aliphatic heterocycles. The lowest BCUT2D eigenvalue weighted by molar-refractivity contribution is -0.118. The first kappa shape index (κ1) is 9.46. The second-order valence-corrected chi connectivity index (χ2v) is 3.74. The first-order valence-electron chi connectivity index (χ1n) is 4.64. The number of ketones is 1. The predicted molar refractivity (Wildman–Crippen MR) is 55.7 cm³/mol. The SMILES string of the molecule is O=C1CCCN(c2cccnc2Cl)C1. The first-order valence-corrected chi connectivity index (χ1v) is 5.02. The number of nitrogens with zero attached hydrogens (tertiary/aromatic N) is 2. The number of carbonyl (C=O) groups excluding carboxylic acids is 1. The highest BCUT2D eigenvalue weighted by Crippen LogP contribution is 2.24. The minimum atomic E-state index is 0.274. The maximum Gasteiger partial charge on any atom is 0.152 e. The van der Waals surface area contributed by atoms with Gasteiger partial charge in [-0.25, -0.2) is 4.98 Å². The van der Waals surface area contributed by atoms with Gasteiger partial charge in [-0.15, -0.1) is 0 Å². The molecule has 0 atom stereocenters. The Kier molecular flexibility index (Phi) is 2.68. The average Bonchev–Trinajstić information content (AvgIpc) is 2.18. The van der Waals surface area contributed by atoms with Crippen LogP contribution in [-0.2, 0) is 4.79 Å². The molecule has 0 radical (unpaired) electrons. The number of halogens is 1. The van der Waals surface area contributed by atoms with E-state index in [4.69, 9.17) is 11.6 Å². The van der Waals surface area contributed by atoms with E-state index in [0.29, 0.717) is 18.1 Å². The highest BCUT2D eigenvalue weighted by molar-refractivity contribution is 6.32. The van der Waals surface area contributed by atoms with Crippen molar-refractivity contribution in [1.29, 1.82) is 0 Å². The van der Waals surface area contributed by atoms with Crippen molar-refractivity contribution in [2.75, 3.05) is 18.0 Å². The number of Topliss-reactive ketones (excluding diaryl/α,β-unsaturated/α-hetero) is 1. The van der Waals surface area contributed by atoms with Gasteiger partial charge in [0.2, 0.25) is 0 Å². The summed E-state index contributed by atoms with van der Waals surface area (Å²) in [4.78, 5) is 17.2. The fraction of sp³-hybridized carbons (Fsp3) is 0.400. The second-order valence-electron chi connectivity index (χ2n) is 3.38. The third-order valence-corrected chi connectivity index (χ3v) is 2.62. The van der Waals surface area contributed by atoms with Gasteiger partial charge >= 0.3 is 0 Å². The third-order valence-electron chi connectivity index (χ3n) is 2.33. The Morgan fingerprint density at radius 1 is 1.50 bits per heavy atom. The summed E-state index contributed by atoms with van der Waals surface area (Å²) in [6, 6.07) is 3.73. The summed E-state index contributed by atoms with van der Waals surface area (Å²) in [5.41, 5.74) is 0.863. The van der Waals surface area contributed by atoms with Crippen molar-refractivity contribution in [2.24, 2.45) is 0 Å². The van der Waals surface area contributed by atoms with E-state index in [0.717, 1.165) is 18.7 Å². The maximum atomic E-state index is 11.3. The van der Waals surface area contributed by atoms with Crippen molar-refractivity contribution in [3.63, 3.8) is 0 Å². The zero-order chi connectivity index (χ0) is 9.97. The topological polar surface area (TPSA) is 33.2 Å². The number of pyridine rings is 1. The highest BCUT2D eigenvalue weighted by atomic mass is 35.5. The summed E-state index contributed by atoms with van der Waals surface area (Å²) < 4.78 is 0. The molecule has 0 unspecified atom stereocenters. The molecule has 1 aliphatic rings. The zero-order valence-corrected chi connectivity index (χ0v) is 8.50. The van der Waals surface area contributed by atoms with Gasteiger partial charge in [-0.3, -0.25) is 4.79 Å². The van der Waals surface area contributed by atoms with Crippen molar-refractivity contribution in [1.82, 2.24) is 4.98 Å². The van der Waals surface area contributed by atoms with Crippen LogP contribution in [0.1, 0.15) is 12.8 Å². The van der Waals surface area contributed by atoms with Crippen LogP contribution in [0.4, 0.5) is 5.69 Å². The Bertz CT molecular complexity index is 354. The molecule has 3 nitrogen and oxygen atoms in total. The van der Waals surface area contributed by atoms with Crippen molar-refractivity contribution < 1.29 is 4.79 Å². The standard InChI is InChI=1S/C10H11ClN2O/c11-10-9(4-1-5-12-10)13-6-2-3-8(14)7-13/h1,4-5H,2-3,6-7H2. The van der Waals surface area contributed by atoms with E-state index in [1.54, 1.807) is 6.20 Å². The highest BCUT2D eigenvalue weighted by Gasteiger charge is 2.18. The molecule has 0 aromatic carbocycles. The molecule has 1 aromatic heterocycles. The van der Waals surface area contributed by atoms with Crippen molar-refractivity contribution in [3.8, 4) is 0 Å². The molecule has 1 fully saturated rings. The summed E-state index contributed by atoms with van der Waals surface area (Å²) in [5, 5.41) is 0.474. The van der Waals surface area contributed by atoms with Crippen LogP contribution in [0.3, 0.4) is 0 Å². The molecule has 0 bridgehead atoms. The van der Waals surface area contributed by atoms with E-state index in [1.165, 1.54) is 0 Å². The Morgan fingerprint density at radius 2 is 2.36 bits per heavy atom. The van der Waals surface area contributed by atoms with Crippen LogP contribution in [-0.4, -0.2) is 23.9 Å². The third kappa shape index (κ3) is 1.87. The van der Waals surface area contributed by atoms with Gasteiger partial charge in [0.25, 0.3) is 0 Å². The fourth-order valence-electron chi connectivity index (χ4n) is 1.66. The number of piperidine rings is 1. The maximum absolute atomic E-state index is 11.3. The second kappa shape index (κ2) is 3.96. The Balaban J connectivity index is 2.22. The smallest absolute Gasteiger partial charge is 0.152 e. The summed E-state index contributed by atoms with van der Waals surface area (Å²) in [5.74, 6) is 0.274. The lowest BCUT2D eigenvalue weighted by Crippen LogP contribution is -2.35. The summed E-state index contributed by atoms with van der Waals surface area (Å²) in [7, 11) is 0. The molecular weight excluding hydrogens is 200 g/mol. The Hall–Kier alpha value is -1.09. The molecule has 14 heavy (non-hydrogen) atoms. The summed E-state index contributed by atoms with van der Waals surface area (Å²) in [6.07, 6.45) is 3.25. The lowest BCUT2D eigenvalue weighted by Gasteiger charge is -2.27. The van der Waals surface area contributed by atoms with Crippen LogP contribution in [0.2, 0.25) is 5.15 Å². The fourth-order valence-corrected chi connectivity index (χ4v) is 1.90. The average molecular weight is 211 g/mol. The van der Waals surface area contributed by atoms with Gasteiger partial charge in [0.1, 0.15) is 0 Å². The van der Waals surface area contributed by atoms with Crippen molar-refractivity contribution >= 4 is 23.1 Å². The Morgan fingerprint density at radius 3 is 3.07 bits per heavy atom. The van der Waals surface area contributed by atoms with Gasteiger partial charge in [-0.05, 0) is 18.6 Å². The van der Waals surface area contributed by atoms with Crippen molar-refractivity contribution in [3.05, 3.63) is 23.5 Å². The normalized spacial score (nSPS) is 17.2. The number of hydrogen-bond donors (Lipinski definition) is 0. The van der Waals surface area contributed by atoms with Gasteiger partial charge in [-0.2, -0.15) is 0 Å². The number of carbonyl (C=O) groups is 1. The lowest BCUT2D eigenvalue weighted by atomic mass is 10.1. The van der Waals surface area contributed by atoms with E-state index < -0.39 is 0 Å². The molecule has 0 aliphatic carbocycles. The van der Waals surface area contributed by atoms with Crippen LogP contribution in [0.5, 0.6) is 0 Å². The molecule has 2 rings (SSSR count). The summed E-state index contributed by atoms with van der Waals surface area (Å²) >= 11 is 5.94. The minimum absolute atomic E-state index is 0.274. The van der Waals surface area contributed by atoms with Gasteiger partial charge in [0.15, 0.2) is 10.9 Å². The largest absolute Gasteiger partial charge is 0.362 e. The number of anilines is 1. The zero-order valence-electron chi connectivity index (χ0n) is 7.74. The minimum Gasteiger partial charge on any atom is -0.362 e. The van der Waals surface area contributed by atoms with Gasteiger partial charge in [-0.1, -0.05) is 11.6 Å². The van der Waals surface area contributed by atoms with E-state index in [-0.39, 0.29) is 5.78 Å². The number of hydrogen-bond acceptors (Lipinski definition) is 3. The molecule has 0 saturated carbocycles. The predicted octanol–water partition coefficient (Wildman–Crippen LogP) is 1.90. The Labute approximate surface area is 87.7 Å². The van der Waals surface area contributed by atoms with Gasteiger partial charge < -0.3 is 4.90 Å². The van der Waals surface area contributed by atoms with Crippen LogP contribution >= 0.6 is 11.6 Å². The van der Waals surface area contributed by atoms with Crippen LogP contribution in [0.15, 0.2) is 18.3 Å². The van der Waals surface area contributed by atoms with E-state index in [2.05, 4.69) is 4.98 Å². The van der Waals surface area contributed by atoms with E-state index in [1.807, 2.05) is 17.0 Å². The van der Waals surface area contributed by atoms with E-state index in [9.17, 15) is 4.79 Å². The van der Waals surface area contributed by atoms with Crippen LogP contribution in [0.25, 0.3) is 0 Å². The molecule has 0 spiro atoms. The number of rotatable bonds is 1. The molecule has 1 saturated heterocycles. The molecule has 1 aromatic rings. The molecule has 2 heterocycles. The monoisotopic (exact) mass is 210 g/mol. The van der Waals surface area contributed by atoms with E-state index >= 15 is 0 Å². The number of aromatic nitrogens is 1. The molecule has 4 heteroatoms. The van der Waals surface area contributed by atoms with Crippen LogP contribution < -0.4 is 4.90 Å². The summed E-state index contributed by atoms with van der Waals surface area (Å²) in [6.45, 7) is 1.35. The van der Waals surface area contributed by atoms with Crippen molar-refractivity contribution in [2.45, 2.75) is 12.8 Å². The molecular formula is C10H11ClN2O. The molecule has 74 valence electrons. The van der Waals surface area contributed by atoms with Gasteiger partial charge in [0, 0.05) is 19.2 Å². The first-order chi connectivity index (χ1) is 6.77.